The summed E-state index contributed by atoms with van der Waals surface area (Å²) >= 11 is 5.62. The SMILES string of the molecule is C[C@@H](NC(=O)NC1CCS(=O)(=O)C1)C(=O)Nc1ccc(F)c(Cl)c1. The molecule has 0 spiro atoms. The van der Waals surface area contributed by atoms with Crippen LogP contribution in [0.3, 0.4) is 0 Å². The second kappa shape index (κ2) is 7.35. The first kappa shape index (κ1) is 18.5. The van der Waals surface area contributed by atoms with Crippen molar-refractivity contribution in [2.24, 2.45) is 0 Å². The molecule has 0 bridgehead atoms. The molecule has 3 N–H and O–H groups in total. The Morgan fingerprint density at radius 3 is 2.67 bits per heavy atom. The Kier molecular flexibility index (Phi) is 5.66. The molecule has 1 aromatic carbocycles. The molecule has 24 heavy (non-hydrogen) atoms. The summed E-state index contributed by atoms with van der Waals surface area (Å²) < 4.78 is 35.7. The van der Waals surface area contributed by atoms with Gasteiger partial charge in [-0.05, 0) is 31.5 Å². The van der Waals surface area contributed by atoms with Crippen molar-refractivity contribution in [3.63, 3.8) is 0 Å². The first-order chi connectivity index (χ1) is 11.2. The number of anilines is 1. The van der Waals surface area contributed by atoms with Crippen molar-refractivity contribution in [1.29, 1.82) is 0 Å². The molecule has 132 valence electrons. The van der Waals surface area contributed by atoms with Crippen LogP contribution in [0.1, 0.15) is 13.3 Å². The van der Waals surface area contributed by atoms with Crippen molar-refractivity contribution in [2.45, 2.75) is 25.4 Å². The van der Waals surface area contributed by atoms with Gasteiger partial charge >= 0.3 is 6.03 Å². The van der Waals surface area contributed by atoms with Gasteiger partial charge in [0.15, 0.2) is 9.84 Å². The number of carbonyl (C=O) groups is 2. The molecule has 1 unspecified atom stereocenters. The number of hydrogen-bond donors (Lipinski definition) is 3. The molecule has 1 aliphatic heterocycles. The number of halogens is 2. The minimum absolute atomic E-state index is 0.0410. The van der Waals surface area contributed by atoms with Crippen LogP contribution in [0.5, 0.6) is 0 Å². The summed E-state index contributed by atoms with van der Waals surface area (Å²) in [5, 5.41) is 7.30. The van der Waals surface area contributed by atoms with Crippen LogP contribution >= 0.6 is 11.6 Å². The molecule has 0 aliphatic carbocycles. The number of nitrogens with one attached hydrogen (secondary N) is 3. The quantitative estimate of drug-likeness (QED) is 0.735. The highest BCUT2D eigenvalue weighted by Crippen LogP contribution is 2.19. The Morgan fingerprint density at radius 1 is 1.38 bits per heavy atom. The minimum Gasteiger partial charge on any atom is -0.334 e. The van der Waals surface area contributed by atoms with Crippen LogP contribution in [0.15, 0.2) is 18.2 Å². The number of amides is 3. The lowest BCUT2D eigenvalue weighted by atomic mass is 10.2. The second-order valence-electron chi connectivity index (χ2n) is 5.56. The van der Waals surface area contributed by atoms with E-state index in [0.29, 0.717) is 12.1 Å². The molecule has 0 aromatic heterocycles. The summed E-state index contributed by atoms with van der Waals surface area (Å²) in [6.07, 6.45) is 0.352. The summed E-state index contributed by atoms with van der Waals surface area (Å²) in [6, 6.07) is 1.74. The minimum atomic E-state index is -3.10. The van der Waals surface area contributed by atoms with Crippen molar-refractivity contribution in [3.8, 4) is 0 Å². The van der Waals surface area contributed by atoms with Crippen molar-refractivity contribution < 1.29 is 22.4 Å². The first-order valence-electron chi connectivity index (χ1n) is 7.19. The predicted molar refractivity (Wildman–Crippen MR) is 88.2 cm³/mol. The fraction of sp³-hybridized carbons (Fsp3) is 0.429. The Labute approximate surface area is 143 Å². The van der Waals surface area contributed by atoms with E-state index in [4.69, 9.17) is 11.6 Å². The summed E-state index contributed by atoms with van der Waals surface area (Å²) in [4.78, 5) is 23.8. The lowest BCUT2D eigenvalue weighted by Crippen LogP contribution is -2.49. The van der Waals surface area contributed by atoms with Gasteiger partial charge in [0.05, 0.1) is 16.5 Å². The van der Waals surface area contributed by atoms with E-state index in [9.17, 15) is 22.4 Å². The number of sulfone groups is 1. The van der Waals surface area contributed by atoms with E-state index < -0.39 is 39.7 Å². The van der Waals surface area contributed by atoms with Crippen LogP contribution in [0.4, 0.5) is 14.9 Å². The van der Waals surface area contributed by atoms with Gasteiger partial charge in [-0.3, -0.25) is 4.79 Å². The smallest absolute Gasteiger partial charge is 0.315 e. The van der Waals surface area contributed by atoms with Crippen LogP contribution in [0.25, 0.3) is 0 Å². The molecule has 1 heterocycles. The molecule has 2 rings (SSSR count). The number of urea groups is 1. The van der Waals surface area contributed by atoms with Crippen LogP contribution < -0.4 is 16.0 Å². The zero-order valence-electron chi connectivity index (χ0n) is 12.8. The van der Waals surface area contributed by atoms with Gasteiger partial charge in [0, 0.05) is 11.7 Å². The molecule has 2 atom stereocenters. The number of carbonyl (C=O) groups excluding carboxylic acids is 2. The van der Waals surface area contributed by atoms with Gasteiger partial charge in [-0.1, -0.05) is 11.6 Å². The summed E-state index contributed by atoms with van der Waals surface area (Å²) in [6.45, 7) is 1.46. The fourth-order valence-corrected chi connectivity index (χ4v) is 4.08. The molecule has 0 radical (unpaired) electrons. The summed E-state index contributed by atoms with van der Waals surface area (Å²) in [5.41, 5.74) is 0.294. The number of benzene rings is 1. The first-order valence-corrected chi connectivity index (χ1v) is 9.39. The average molecular weight is 378 g/mol. The molecule has 1 aliphatic rings. The normalized spacial score (nSPS) is 20.2. The third kappa shape index (κ3) is 5.07. The van der Waals surface area contributed by atoms with Crippen molar-refractivity contribution >= 4 is 39.1 Å². The maximum absolute atomic E-state index is 13.1. The highest BCUT2D eigenvalue weighted by molar-refractivity contribution is 7.91. The van der Waals surface area contributed by atoms with Gasteiger partial charge in [0.25, 0.3) is 0 Å². The average Bonchev–Trinajstić information content (AvgIpc) is 2.81. The van der Waals surface area contributed by atoms with Crippen molar-refractivity contribution in [2.75, 3.05) is 16.8 Å². The second-order valence-corrected chi connectivity index (χ2v) is 8.19. The number of rotatable bonds is 4. The Balaban J connectivity index is 1.84. The Hall–Kier alpha value is -1.87. The Morgan fingerprint density at radius 2 is 2.08 bits per heavy atom. The van der Waals surface area contributed by atoms with Gasteiger partial charge in [-0.25, -0.2) is 17.6 Å². The molecule has 10 heteroatoms. The molecular formula is C14H17ClFN3O4S. The topological polar surface area (TPSA) is 104 Å². The zero-order valence-corrected chi connectivity index (χ0v) is 14.4. The van der Waals surface area contributed by atoms with Gasteiger partial charge in [-0.15, -0.1) is 0 Å². The third-order valence-electron chi connectivity index (χ3n) is 3.50. The van der Waals surface area contributed by atoms with Gasteiger partial charge in [0.1, 0.15) is 11.9 Å². The van der Waals surface area contributed by atoms with Gasteiger partial charge < -0.3 is 16.0 Å². The van der Waals surface area contributed by atoms with Gasteiger partial charge in [-0.2, -0.15) is 0 Å². The van der Waals surface area contributed by atoms with Crippen molar-refractivity contribution in [3.05, 3.63) is 29.0 Å². The highest BCUT2D eigenvalue weighted by atomic mass is 35.5. The van der Waals surface area contributed by atoms with Crippen LogP contribution in [-0.4, -0.2) is 43.9 Å². The molecule has 1 fully saturated rings. The predicted octanol–water partition coefficient (Wildman–Crippen LogP) is 1.29. The van der Waals surface area contributed by atoms with E-state index in [1.807, 2.05) is 0 Å². The largest absolute Gasteiger partial charge is 0.334 e. The molecule has 3 amide bonds. The standard InChI is InChI=1S/C14H17ClFN3O4S/c1-8(13(20)18-9-2-3-12(16)11(15)6-9)17-14(21)19-10-4-5-24(22,23)7-10/h2-3,6,8,10H,4-5,7H2,1H3,(H,18,20)(H2,17,19,21)/t8-,10?/m1/s1. The lowest BCUT2D eigenvalue weighted by molar-refractivity contribution is -0.117. The van der Waals surface area contributed by atoms with Gasteiger partial charge in [0.2, 0.25) is 5.91 Å². The molecular weight excluding hydrogens is 361 g/mol. The Bertz CT molecular complexity index is 756. The maximum atomic E-state index is 13.1. The van der Waals surface area contributed by atoms with Crippen molar-refractivity contribution in [1.82, 2.24) is 10.6 Å². The molecule has 0 saturated carbocycles. The number of hydrogen-bond acceptors (Lipinski definition) is 4. The van der Waals surface area contributed by atoms with Crippen LogP contribution in [-0.2, 0) is 14.6 Å². The maximum Gasteiger partial charge on any atom is 0.315 e. The van der Waals surface area contributed by atoms with Crippen LogP contribution in [0, 0.1) is 5.82 Å². The van der Waals surface area contributed by atoms with E-state index in [2.05, 4.69) is 16.0 Å². The van der Waals surface area contributed by atoms with E-state index in [0.717, 1.165) is 6.07 Å². The van der Waals surface area contributed by atoms with E-state index in [-0.39, 0.29) is 16.5 Å². The van der Waals surface area contributed by atoms with E-state index >= 15 is 0 Å². The molecule has 1 saturated heterocycles. The monoisotopic (exact) mass is 377 g/mol. The third-order valence-corrected chi connectivity index (χ3v) is 5.55. The van der Waals surface area contributed by atoms with E-state index in [1.54, 1.807) is 0 Å². The molecule has 1 aromatic rings. The lowest BCUT2D eigenvalue weighted by Gasteiger charge is -2.17. The van der Waals surface area contributed by atoms with Crippen LogP contribution in [0.2, 0.25) is 5.02 Å². The zero-order chi connectivity index (χ0) is 17.9. The molecule has 7 nitrogen and oxygen atoms in total. The summed E-state index contributed by atoms with van der Waals surface area (Å²) in [5.74, 6) is -1.19. The van der Waals surface area contributed by atoms with E-state index in [1.165, 1.54) is 19.1 Å². The fourth-order valence-electron chi connectivity index (χ4n) is 2.22. The summed E-state index contributed by atoms with van der Waals surface area (Å²) in [7, 11) is -3.10. The highest BCUT2D eigenvalue weighted by Gasteiger charge is 2.29.